The van der Waals surface area contributed by atoms with Gasteiger partial charge >= 0.3 is 0 Å². The molecule has 0 atom stereocenters. The van der Waals surface area contributed by atoms with E-state index in [0.717, 1.165) is 22.3 Å². The summed E-state index contributed by atoms with van der Waals surface area (Å²) in [5.41, 5.74) is 4.80. The maximum atomic E-state index is 12.6. The van der Waals surface area contributed by atoms with E-state index >= 15 is 0 Å². The number of benzene rings is 3. The first-order valence-corrected chi connectivity index (χ1v) is 11.0. The summed E-state index contributed by atoms with van der Waals surface area (Å²) in [7, 11) is 0. The van der Waals surface area contributed by atoms with Crippen molar-refractivity contribution in [3.63, 3.8) is 0 Å². The smallest absolute Gasteiger partial charge is 0.254 e. The Morgan fingerprint density at radius 1 is 0.941 bits per heavy atom. The SMILES string of the molecule is O=C1CN(C(=O)c2ccc(CNC(=O)c3ccc(-n4cnc5ccccc54)cc3)cc2)CCN1. The minimum atomic E-state index is -0.179. The number of carbonyl (C=O) groups excluding carboxylic acids is 3. The van der Waals surface area contributed by atoms with Crippen molar-refractivity contribution >= 4 is 28.8 Å². The molecule has 0 spiro atoms. The molecule has 0 unspecified atom stereocenters. The third kappa shape index (κ3) is 4.38. The van der Waals surface area contributed by atoms with Crippen LogP contribution in [0.4, 0.5) is 0 Å². The monoisotopic (exact) mass is 453 g/mol. The maximum Gasteiger partial charge on any atom is 0.254 e. The third-order valence-electron chi connectivity index (χ3n) is 5.84. The standard InChI is InChI=1S/C26H23N5O3/c32-24-16-30(14-13-27-24)26(34)20-7-5-18(6-8-20)15-28-25(33)19-9-11-21(12-10-19)31-17-29-22-3-1-2-4-23(22)31/h1-12,17H,13-16H2,(H,27,32)(H,28,33). The topological polar surface area (TPSA) is 96.3 Å². The van der Waals surface area contributed by atoms with Gasteiger partial charge in [-0.3, -0.25) is 19.0 Å². The Labute approximate surface area is 196 Å². The van der Waals surface area contributed by atoms with Gasteiger partial charge in [0.2, 0.25) is 5.91 Å². The molecule has 3 aromatic carbocycles. The van der Waals surface area contributed by atoms with Crippen molar-refractivity contribution in [2.45, 2.75) is 6.54 Å². The second-order valence-electron chi connectivity index (χ2n) is 8.11. The first-order valence-electron chi connectivity index (χ1n) is 11.0. The molecule has 0 radical (unpaired) electrons. The van der Waals surface area contributed by atoms with Gasteiger partial charge < -0.3 is 15.5 Å². The van der Waals surface area contributed by atoms with Crippen LogP contribution in [0.5, 0.6) is 0 Å². The van der Waals surface area contributed by atoms with Crippen LogP contribution in [0.15, 0.2) is 79.1 Å². The number of fused-ring (bicyclic) bond motifs is 1. The number of hydrogen-bond acceptors (Lipinski definition) is 4. The van der Waals surface area contributed by atoms with Gasteiger partial charge in [0, 0.05) is 36.4 Å². The lowest BCUT2D eigenvalue weighted by atomic mass is 10.1. The molecule has 1 aliphatic rings. The highest BCUT2D eigenvalue weighted by molar-refractivity contribution is 5.97. The van der Waals surface area contributed by atoms with Gasteiger partial charge in [0.1, 0.15) is 6.33 Å². The zero-order valence-electron chi connectivity index (χ0n) is 18.4. The number of piperazine rings is 1. The Balaban J connectivity index is 1.20. The van der Waals surface area contributed by atoms with Gasteiger partial charge in [0.05, 0.1) is 17.6 Å². The lowest BCUT2D eigenvalue weighted by Crippen LogP contribution is -2.49. The van der Waals surface area contributed by atoms with Gasteiger partial charge in [0.15, 0.2) is 0 Å². The van der Waals surface area contributed by atoms with Crippen molar-refractivity contribution < 1.29 is 14.4 Å². The van der Waals surface area contributed by atoms with Gasteiger partial charge in [-0.1, -0.05) is 24.3 Å². The zero-order valence-corrected chi connectivity index (χ0v) is 18.4. The van der Waals surface area contributed by atoms with Crippen molar-refractivity contribution in [1.29, 1.82) is 0 Å². The molecular formula is C26H23N5O3. The average Bonchev–Trinajstić information content (AvgIpc) is 3.31. The average molecular weight is 454 g/mol. The number of rotatable bonds is 5. The number of carbonyl (C=O) groups is 3. The summed E-state index contributed by atoms with van der Waals surface area (Å²) < 4.78 is 1.98. The van der Waals surface area contributed by atoms with Gasteiger partial charge in [0.25, 0.3) is 11.8 Å². The molecule has 170 valence electrons. The molecule has 3 amide bonds. The largest absolute Gasteiger partial charge is 0.353 e. The molecule has 8 heteroatoms. The van der Waals surface area contributed by atoms with E-state index < -0.39 is 0 Å². The Morgan fingerprint density at radius 2 is 1.68 bits per heavy atom. The predicted molar refractivity (Wildman–Crippen MR) is 128 cm³/mol. The molecular weight excluding hydrogens is 430 g/mol. The fourth-order valence-electron chi connectivity index (χ4n) is 3.98. The van der Waals surface area contributed by atoms with Gasteiger partial charge in [-0.25, -0.2) is 4.98 Å². The Kier molecular flexibility index (Phi) is 5.78. The van der Waals surface area contributed by atoms with Gasteiger partial charge in [-0.15, -0.1) is 0 Å². The molecule has 5 rings (SSSR count). The summed E-state index contributed by atoms with van der Waals surface area (Å²) in [6.07, 6.45) is 1.77. The van der Waals surface area contributed by atoms with Crippen molar-refractivity contribution in [3.8, 4) is 5.69 Å². The molecule has 0 bridgehead atoms. The minimum Gasteiger partial charge on any atom is -0.353 e. The fourth-order valence-corrected chi connectivity index (χ4v) is 3.98. The molecule has 2 N–H and O–H groups in total. The normalized spacial score (nSPS) is 13.5. The van der Waals surface area contributed by atoms with E-state index in [1.54, 1.807) is 30.6 Å². The molecule has 2 heterocycles. The van der Waals surface area contributed by atoms with Crippen LogP contribution in [0.25, 0.3) is 16.7 Å². The summed E-state index contributed by atoms with van der Waals surface area (Å²) in [4.78, 5) is 42.6. The van der Waals surface area contributed by atoms with E-state index in [0.29, 0.717) is 30.8 Å². The van der Waals surface area contributed by atoms with E-state index in [9.17, 15) is 14.4 Å². The summed E-state index contributed by atoms with van der Waals surface area (Å²) in [5.74, 6) is -0.497. The van der Waals surface area contributed by atoms with E-state index in [1.165, 1.54) is 4.90 Å². The number of amides is 3. The highest BCUT2D eigenvalue weighted by atomic mass is 16.2. The summed E-state index contributed by atoms with van der Waals surface area (Å²) >= 11 is 0. The molecule has 8 nitrogen and oxygen atoms in total. The molecule has 1 aromatic heterocycles. The number of nitrogens with zero attached hydrogens (tertiary/aromatic N) is 3. The second kappa shape index (κ2) is 9.19. The van der Waals surface area contributed by atoms with E-state index in [-0.39, 0.29) is 24.3 Å². The van der Waals surface area contributed by atoms with Crippen LogP contribution in [-0.4, -0.2) is 51.8 Å². The maximum absolute atomic E-state index is 12.6. The molecule has 0 aliphatic carbocycles. The number of para-hydroxylation sites is 2. The molecule has 1 fully saturated rings. The molecule has 1 saturated heterocycles. The second-order valence-corrected chi connectivity index (χ2v) is 8.11. The molecule has 0 saturated carbocycles. The zero-order chi connectivity index (χ0) is 23.5. The Hall–Kier alpha value is -4.46. The van der Waals surface area contributed by atoms with Crippen LogP contribution >= 0.6 is 0 Å². The fraction of sp³-hybridized carbons (Fsp3) is 0.154. The molecule has 34 heavy (non-hydrogen) atoms. The van der Waals surface area contributed by atoms with Crippen molar-refractivity contribution in [2.75, 3.05) is 19.6 Å². The van der Waals surface area contributed by atoms with Crippen LogP contribution in [0.3, 0.4) is 0 Å². The summed E-state index contributed by atoms with van der Waals surface area (Å²) in [5, 5.41) is 5.62. The number of aromatic nitrogens is 2. The van der Waals surface area contributed by atoms with Crippen LogP contribution in [0.2, 0.25) is 0 Å². The van der Waals surface area contributed by atoms with Crippen LogP contribution < -0.4 is 10.6 Å². The summed E-state index contributed by atoms with van der Waals surface area (Å²) in [6.45, 7) is 1.38. The van der Waals surface area contributed by atoms with Crippen LogP contribution in [0.1, 0.15) is 26.3 Å². The van der Waals surface area contributed by atoms with Crippen LogP contribution in [0, 0.1) is 0 Å². The van der Waals surface area contributed by atoms with Gasteiger partial charge in [-0.05, 0) is 54.1 Å². The first-order chi connectivity index (χ1) is 16.6. The van der Waals surface area contributed by atoms with Crippen molar-refractivity contribution in [2.24, 2.45) is 0 Å². The predicted octanol–water partition coefficient (Wildman–Crippen LogP) is 2.53. The van der Waals surface area contributed by atoms with E-state index in [2.05, 4.69) is 15.6 Å². The third-order valence-corrected chi connectivity index (χ3v) is 5.84. The quantitative estimate of drug-likeness (QED) is 0.485. The number of hydrogen-bond donors (Lipinski definition) is 2. The molecule has 1 aliphatic heterocycles. The lowest BCUT2D eigenvalue weighted by molar-refractivity contribution is -0.123. The van der Waals surface area contributed by atoms with Gasteiger partial charge in [-0.2, -0.15) is 0 Å². The van der Waals surface area contributed by atoms with E-state index in [1.807, 2.05) is 53.1 Å². The lowest BCUT2D eigenvalue weighted by Gasteiger charge is -2.26. The first kappa shape index (κ1) is 21.4. The van der Waals surface area contributed by atoms with Crippen molar-refractivity contribution in [1.82, 2.24) is 25.1 Å². The Morgan fingerprint density at radius 3 is 2.44 bits per heavy atom. The van der Waals surface area contributed by atoms with Crippen LogP contribution in [-0.2, 0) is 11.3 Å². The molecule has 4 aromatic rings. The highest BCUT2D eigenvalue weighted by Gasteiger charge is 2.22. The number of nitrogens with one attached hydrogen (secondary N) is 2. The minimum absolute atomic E-state index is 0.0759. The van der Waals surface area contributed by atoms with Crippen molar-refractivity contribution in [3.05, 3.63) is 95.8 Å². The van der Waals surface area contributed by atoms with E-state index in [4.69, 9.17) is 0 Å². The Bertz CT molecular complexity index is 1360. The number of imidazole rings is 1. The summed E-state index contributed by atoms with van der Waals surface area (Å²) in [6, 6.07) is 22.3. The highest BCUT2D eigenvalue weighted by Crippen LogP contribution is 2.18.